The van der Waals surface area contributed by atoms with Crippen molar-refractivity contribution < 1.29 is 13.2 Å². The van der Waals surface area contributed by atoms with E-state index in [-0.39, 0.29) is 42.9 Å². The summed E-state index contributed by atoms with van der Waals surface area (Å²) >= 11 is 0. The number of nitrogens with one attached hydrogen (secondary N) is 1. The Kier molecular flexibility index (Phi) is 6.79. The molecule has 0 unspecified atom stereocenters. The number of rotatable bonds is 3. The van der Waals surface area contributed by atoms with Crippen LogP contribution >= 0.6 is 24.0 Å². The van der Waals surface area contributed by atoms with E-state index >= 15 is 0 Å². The third kappa shape index (κ3) is 4.93. The minimum absolute atomic E-state index is 0. The molecule has 4 nitrogen and oxygen atoms in total. The molecule has 1 aliphatic heterocycles. The van der Waals surface area contributed by atoms with E-state index in [1.807, 2.05) is 6.07 Å². The fourth-order valence-electron chi connectivity index (χ4n) is 4.58. The molecule has 0 bridgehead atoms. The van der Waals surface area contributed by atoms with Crippen LogP contribution in [0.15, 0.2) is 23.2 Å². The van der Waals surface area contributed by atoms with Crippen LogP contribution < -0.4 is 11.1 Å². The SMILES string of the molecule is I.NC(=NC1CC(N2CCC(C(F)(F)F)CC2)C1)Nc1ccc2c(c1)CCC2. The quantitative estimate of drug-likeness (QED) is 0.363. The van der Waals surface area contributed by atoms with Crippen molar-refractivity contribution in [3.05, 3.63) is 29.3 Å². The van der Waals surface area contributed by atoms with Gasteiger partial charge in [-0.3, -0.25) is 0 Å². The topological polar surface area (TPSA) is 53.6 Å². The molecule has 0 radical (unpaired) electrons. The minimum Gasteiger partial charge on any atom is -0.370 e. The van der Waals surface area contributed by atoms with Crippen LogP contribution in [-0.2, 0) is 12.8 Å². The number of anilines is 1. The molecule has 1 saturated heterocycles. The number of halogens is 4. The molecule has 156 valence electrons. The second kappa shape index (κ2) is 8.77. The highest BCUT2D eigenvalue weighted by Gasteiger charge is 2.43. The highest BCUT2D eigenvalue weighted by atomic mass is 127. The van der Waals surface area contributed by atoms with Crippen molar-refractivity contribution >= 4 is 35.6 Å². The lowest BCUT2D eigenvalue weighted by Crippen LogP contribution is -2.51. The van der Waals surface area contributed by atoms with Crippen molar-refractivity contribution in [3.63, 3.8) is 0 Å². The number of benzene rings is 1. The molecule has 0 spiro atoms. The normalized spacial score (nSPS) is 26.3. The van der Waals surface area contributed by atoms with Crippen molar-refractivity contribution in [1.82, 2.24) is 4.90 Å². The van der Waals surface area contributed by atoms with Crippen LogP contribution in [0.3, 0.4) is 0 Å². The number of nitrogens with two attached hydrogens (primary N) is 1. The third-order valence-corrected chi connectivity index (χ3v) is 6.29. The van der Waals surface area contributed by atoms with Crippen molar-refractivity contribution in [3.8, 4) is 0 Å². The maximum atomic E-state index is 12.8. The lowest BCUT2D eigenvalue weighted by Gasteiger charge is -2.44. The number of piperidine rings is 1. The van der Waals surface area contributed by atoms with Gasteiger partial charge in [0.25, 0.3) is 0 Å². The van der Waals surface area contributed by atoms with Gasteiger partial charge in [0.1, 0.15) is 0 Å². The lowest BCUT2D eigenvalue weighted by atomic mass is 9.83. The first kappa shape index (κ1) is 21.7. The van der Waals surface area contributed by atoms with Gasteiger partial charge in [-0.25, -0.2) is 4.99 Å². The van der Waals surface area contributed by atoms with Crippen LogP contribution in [0.2, 0.25) is 0 Å². The van der Waals surface area contributed by atoms with Crippen molar-refractivity contribution in [2.45, 2.75) is 63.2 Å². The Morgan fingerprint density at radius 2 is 1.79 bits per heavy atom. The van der Waals surface area contributed by atoms with Crippen molar-refractivity contribution in [1.29, 1.82) is 0 Å². The Hall–Kier alpha value is -1.03. The predicted octanol–water partition coefficient (Wildman–Crippen LogP) is 4.33. The van der Waals surface area contributed by atoms with E-state index in [4.69, 9.17) is 5.73 Å². The standard InChI is InChI=1S/C20H27F3N4.HI/c21-20(22,23)15-6-8-27(9-7-15)18-11-17(12-18)26-19(24)25-16-5-4-13-2-1-3-14(13)10-16;/h4-5,10,15,17-18H,1-3,6-9,11-12H2,(H3,24,25,26);1H. The van der Waals surface area contributed by atoms with Crippen LogP contribution in [0, 0.1) is 5.92 Å². The number of guanidine groups is 1. The van der Waals surface area contributed by atoms with Gasteiger partial charge in [0, 0.05) is 11.7 Å². The Morgan fingerprint density at radius 3 is 2.46 bits per heavy atom. The van der Waals surface area contributed by atoms with Gasteiger partial charge in [-0.15, -0.1) is 24.0 Å². The summed E-state index contributed by atoms with van der Waals surface area (Å²) in [6, 6.07) is 6.86. The first-order valence-corrected chi connectivity index (χ1v) is 9.91. The second-order valence-corrected chi connectivity index (χ2v) is 8.11. The summed E-state index contributed by atoms with van der Waals surface area (Å²) in [5, 5.41) is 3.18. The monoisotopic (exact) mass is 508 g/mol. The van der Waals surface area contributed by atoms with Gasteiger partial charge < -0.3 is 16.0 Å². The molecule has 1 aromatic rings. The molecule has 1 saturated carbocycles. The molecule has 3 aliphatic rings. The van der Waals surface area contributed by atoms with Crippen LogP contribution in [-0.4, -0.2) is 42.2 Å². The molecule has 0 amide bonds. The summed E-state index contributed by atoms with van der Waals surface area (Å²) in [5.41, 5.74) is 9.84. The van der Waals surface area contributed by atoms with E-state index < -0.39 is 12.1 Å². The molecule has 0 aromatic heterocycles. The highest BCUT2D eigenvalue weighted by Crippen LogP contribution is 2.37. The Morgan fingerprint density at radius 1 is 1.11 bits per heavy atom. The number of hydrogen-bond acceptors (Lipinski definition) is 2. The van der Waals surface area contributed by atoms with E-state index in [9.17, 15) is 13.2 Å². The molecule has 2 fully saturated rings. The van der Waals surface area contributed by atoms with Crippen LogP contribution in [0.5, 0.6) is 0 Å². The highest BCUT2D eigenvalue weighted by molar-refractivity contribution is 14.0. The first-order valence-electron chi connectivity index (χ1n) is 9.91. The van der Waals surface area contributed by atoms with E-state index in [2.05, 4.69) is 27.3 Å². The molecule has 3 N–H and O–H groups in total. The van der Waals surface area contributed by atoms with Crippen molar-refractivity contribution in [2.24, 2.45) is 16.6 Å². The molecular formula is C20H28F3IN4. The summed E-state index contributed by atoms with van der Waals surface area (Å²) < 4.78 is 38.3. The largest absolute Gasteiger partial charge is 0.391 e. The predicted molar refractivity (Wildman–Crippen MR) is 116 cm³/mol. The molecule has 28 heavy (non-hydrogen) atoms. The number of nitrogens with zero attached hydrogens (tertiary/aromatic N) is 2. The molecule has 4 rings (SSSR count). The second-order valence-electron chi connectivity index (χ2n) is 8.11. The summed E-state index contributed by atoms with van der Waals surface area (Å²) in [6.07, 6.45) is 1.64. The summed E-state index contributed by atoms with van der Waals surface area (Å²) in [4.78, 5) is 6.74. The van der Waals surface area contributed by atoms with E-state index in [0.717, 1.165) is 31.4 Å². The zero-order chi connectivity index (χ0) is 19.0. The zero-order valence-corrected chi connectivity index (χ0v) is 18.2. The summed E-state index contributed by atoms with van der Waals surface area (Å²) in [7, 11) is 0. The van der Waals surface area contributed by atoms with Gasteiger partial charge in [-0.05, 0) is 81.3 Å². The molecular weight excluding hydrogens is 480 g/mol. The fourth-order valence-corrected chi connectivity index (χ4v) is 4.58. The van der Waals surface area contributed by atoms with Crippen LogP contribution in [0.1, 0.15) is 43.2 Å². The number of aliphatic imine (C=N–C) groups is 1. The molecule has 1 aromatic carbocycles. The molecule has 1 heterocycles. The average Bonchev–Trinajstić information content (AvgIpc) is 3.05. The number of hydrogen-bond donors (Lipinski definition) is 2. The van der Waals surface area contributed by atoms with E-state index in [0.29, 0.717) is 25.1 Å². The Bertz CT molecular complexity index is 708. The number of likely N-dealkylation sites (tertiary alicyclic amines) is 1. The van der Waals surface area contributed by atoms with Gasteiger partial charge in [-0.1, -0.05) is 6.07 Å². The van der Waals surface area contributed by atoms with E-state index in [1.165, 1.54) is 17.5 Å². The van der Waals surface area contributed by atoms with Gasteiger partial charge >= 0.3 is 6.18 Å². The fraction of sp³-hybridized carbons (Fsp3) is 0.650. The first-order chi connectivity index (χ1) is 12.9. The summed E-state index contributed by atoms with van der Waals surface area (Å²) in [5.74, 6) is -0.706. The van der Waals surface area contributed by atoms with Crippen LogP contribution in [0.25, 0.3) is 0 Å². The third-order valence-electron chi connectivity index (χ3n) is 6.29. The Balaban J connectivity index is 0.00000225. The summed E-state index contributed by atoms with van der Waals surface area (Å²) in [6.45, 7) is 1.07. The maximum Gasteiger partial charge on any atom is 0.391 e. The molecule has 0 atom stereocenters. The lowest BCUT2D eigenvalue weighted by molar-refractivity contribution is -0.187. The maximum absolute atomic E-state index is 12.8. The van der Waals surface area contributed by atoms with Gasteiger partial charge in [0.15, 0.2) is 5.96 Å². The average molecular weight is 508 g/mol. The number of aryl methyl sites for hydroxylation is 2. The number of alkyl halides is 3. The van der Waals surface area contributed by atoms with Gasteiger partial charge in [-0.2, -0.15) is 13.2 Å². The van der Waals surface area contributed by atoms with E-state index in [1.54, 1.807) is 0 Å². The Labute approximate surface area is 181 Å². The molecule has 2 aliphatic carbocycles. The molecule has 8 heteroatoms. The smallest absolute Gasteiger partial charge is 0.370 e. The number of fused-ring (bicyclic) bond motifs is 1. The van der Waals surface area contributed by atoms with Gasteiger partial charge in [0.05, 0.1) is 12.0 Å². The minimum atomic E-state index is -4.05. The van der Waals surface area contributed by atoms with Crippen molar-refractivity contribution in [2.75, 3.05) is 18.4 Å². The van der Waals surface area contributed by atoms with Gasteiger partial charge in [0.2, 0.25) is 0 Å². The zero-order valence-electron chi connectivity index (χ0n) is 15.8. The van der Waals surface area contributed by atoms with Crippen LogP contribution in [0.4, 0.5) is 18.9 Å².